The second-order valence-electron chi connectivity index (χ2n) is 4.51. The van der Waals surface area contributed by atoms with Crippen LogP contribution in [0.25, 0.3) is 0 Å². The largest absolute Gasteiger partial charge is 0.370 e. The number of nitrogens with two attached hydrogens (primary N) is 1. The molecule has 6 heteroatoms. The first-order chi connectivity index (χ1) is 9.58. The number of halogens is 1. The highest BCUT2D eigenvalue weighted by molar-refractivity contribution is 5.63. The van der Waals surface area contributed by atoms with E-state index in [-0.39, 0.29) is 11.8 Å². The summed E-state index contributed by atoms with van der Waals surface area (Å²) in [5.41, 5.74) is 7.26. The Kier molecular flexibility index (Phi) is 4.34. The number of benzene rings is 1. The molecule has 0 fully saturated rings. The predicted molar refractivity (Wildman–Crippen MR) is 79.6 cm³/mol. The third-order valence-corrected chi connectivity index (χ3v) is 2.76. The average molecular weight is 275 g/mol. The zero-order valence-electron chi connectivity index (χ0n) is 11.6. The van der Waals surface area contributed by atoms with Gasteiger partial charge in [-0.3, -0.25) is 0 Å². The molecule has 106 valence electrons. The first-order valence-electron chi connectivity index (χ1n) is 6.50. The van der Waals surface area contributed by atoms with Crippen LogP contribution in [0, 0.1) is 12.7 Å². The van der Waals surface area contributed by atoms with Gasteiger partial charge in [-0.25, -0.2) is 4.39 Å². The number of aromatic nitrogens is 2. The molecule has 0 spiro atoms. The molecule has 0 aliphatic carbocycles. The van der Waals surface area contributed by atoms with Gasteiger partial charge in [0, 0.05) is 18.3 Å². The normalized spacial score (nSPS) is 10.3. The third kappa shape index (κ3) is 3.57. The lowest BCUT2D eigenvalue weighted by atomic mass is 10.2. The van der Waals surface area contributed by atoms with Gasteiger partial charge in [-0.15, -0.1) is 0 Å². The Morgan fingerprint density at radius 2 is 1.95 bits per heavy atom. The van der Waals surface area contributed by atoms with E-state index in [2.05, 4.69) is 27.5 Å². The highest BCUT2D eigenvalue weighted by Gasteiger charge is 2.05. The molecule has 0 aliphatic rings. The maximum atomic E-state index is 13.3. The summed E-state index contributed by atoms with van der Waals surface area (Å²) in [6.07, 6.45) is 0.982. The molecule has 1 aromatic carbocycles. The molecule has 2 aromatic rings. The van der Waals surface area contributed by atoms with Crippen LogP contribution in [0.5, 0.6) is 0 Å². The second-order valence-corrected chi connectivity index (χ2v) is 4.51. The van der Waals surface area contributed by atoms with Crippen molar-refractivity contribution in [1.82, 2.24) is 9.97 Å². The molecule has 2 rings (SSSR count). The van der Waals surface area contributed by atoms with E-state index < -0.39 is 0 Å². The smallest absolute Gasteiger partial charge is 0.223 e. The summed E-state index contributed by atoms with van der Waals surface area (Å²) in [6.45, 7) is 4.75. The fraction of sp³-hybridized carbons (Fsp3) is 0.286. The van der Waals surface area contributed by atoms with Gasteiger partial charge in [-0.1, -0.05) is 13.0 Å². The molecule has 5 nitrogen and oxygen atoms in total. The lowest BCUT2D eigenvalue weighted by Gasteiger charge is -2.11. The van der Waals surface area contributed by atoms with Crippen LogP contribution in [-0.4, -0.2) is 16.5 Å². The van der Waals surface area contributed by atoms with Crippen LogP contribution in [0.2, 0.25) is 0 Å². The lowest BCUT2D eigenvalue weighted by molar-refractivity contribution is 0.628. The SMILES string of the molecule is CCCNc1cc(Nc2cc(F)ccc2C)nc(N)n1. The van der Waals surface area contributed by atoms with Gasteiger partial charge in [0.1, 0.15) is 17.5 Å². The van der Waals surface area contributed by atoms with Crippen LogP contribution in [0.15, 0.2) is 24.3 Å². The third-order valence-electron chi connectivity index (χ3n) is 2.76. The van der Waals surface area contributed by atoms with Crippen molar-refractivity contribution in [2.75, 3.05) is 22.9 Å². The van der Waals surface area contributed by atoms with Crippen molar-refractivity contribution in [3.05, 3.63) is 35.6 Å². The summed E-state index contributed by atoms with van der Waals surface area (Å²) < 4.78 is 13.3. The molecule has 0 radical (unpaired) electrons. The van der Waals surface area contributed by atoms with E-state index in [4.69, 9.17) is 5.73 Å². The van der Waals surface area contributed by atoms with Crippen molar-refractivity contribution in [2.24, 2.45) is 0 Å². The first kappa shape index (κ1) is 14.0. The van der Waals surface area contributed by atoms with E-state index in [0.29, 0.717) is 17.3 Å². The number of hydrogen-bond acceptors (Lipinski definition) is 5. The minimum absolute atomic E-state index is 0.169. The Bertz CT molecular complexity index is 600. The van der Waals surface area contributed by atoms with Crippen LogP contribution >= 0.6 is 0 Å². The first-order valence-corrected chi connectivity index (χ1v) is 6.50. The van der Waals surface area contributed by atoms with Gasteiger partial charge >= 0.3 is 0 Å². The Hall–Kier alpha value is -2.37. The number of hydrogen-bond donors (Lipinski definition) is 3. The predicted octanol–water partition coefficient (Wildman–Crippen LogP) is 3.07. The van der Waals surface area contributed by atoms with Crippen LogP contribution in [0.1, 0.15) is 18.9 Å². The Balaban J connectivity index is 2.24. The fourth-order valence-corrected chi connectivity index (χ4v) is 1.74. The summed E-state index contributed by atoms with van der Waals surface area (Å²) in [6, 6.07) is 6.30. The molecule has 0 saturated carbocycles. The zero-order chi connectivity index (χ0) is 14.5. The maximum absolute atomic E-state index is 13.3. The summed E-state index contributed by atoms with van der Waals surface area (Å²) in [4.78, 5) is 8.20. The van der Waals surface area contributed by atoms with Crippen molar-refractivity contribution >= 4 is 23.3 Å². The minimum atomic E-state index is -0.301. The van der Waals surface area contributed by atoms with Crippen LogP contribution < -0.4 is 16.4 Å². The van der Waals surface area contributed by atoms with Gasteiger partial charge in [0.2, 0.25) is 5.95 Å². The number of aryl methyl sites for hydroxylation is 1. The van der Waals surface area contributed by atoms with Crippen LogP contribution in [0.4, 0.5) is 27.7 Å². The molecule has 0 atom stereocenters. The quantitative estimate of drug-likeness (QED) is 0.782. The lowest BCUT2D eigenvalue weighted by Crippen LogP contribution is -2.07. The topological polar surface area (TPSA) is 75.9 Å². The maximum Gasteiger partial charge on any atom is 0.223 e. The number of nitrogens with one attached hydrogen (secondary N) is 2. The summed E-state index contributed by atoms with van der Waals surface area (Å²) >= 11 is 0. The number of nitrogens with zero attached hydrogens (tertiary/aromatic N) is 2. The van der Waals surface area contributed by atoms with Gasteiger partial charge in [-0.05, 0) is 31.0 Å². The molecule has 1 aromatic heterocycles. The van der Waals surface area contributed by atoms with E-state index in [1.165, 1.54) is 12.1 Å². The molecule has 0 saturated heterocycles. The second kappa shape index (κ2) is 6.18. The zero-order valence-corrected chi connectivity index (χ0v) is 11.6. The molecule has 4 N–H and O–H groups in total. The van der Waals surface area contributed by atoms with Gasteiger partial charge in [-0.2, -0.15) is 9.97 Å². The van der Waals surface area contributed by atoms with Crippen molar-refractivity contribution < 1.29 is 4.39 Å². The molecule has 0 aliphatic heterocycles. The number of anilines is 4. The molecule has 1 heterocycles. The number of rotatable bonds is 5. The molecular formula is C14H18FN5. The molecule has 0 amide bonds. The van der Waals surface area contributed by atoms with Crippen molar-refractivity contribution in [3.8, 4) is 0 Å². The van der Waals surface area contributed by atoms with Gasteiger partial charge in [0.25, 0.3) is 0 Å². The van der Waals surface area contributed by atoms with E-state index in [9.17, 15) is 4.39 Å². The fourth-order valence-electron chi connectivity index (χ4n) is 1.74. The highest BCUT2D eigenvalue weighted by Crippen LogP contribution is 2.22. The van der Waals surface area contributed by atoms with E-state index in [0.717, 1.165) is 18.5 Å². The summed E-state index contributed by atoms with van der Waals surface area (Å²) in [5, 5.41) is 6.20. The molecule has 0 bridgehead atoms. The van der Waals surface area contributed by atoms with Gasteiger partial charge < -0.3 is 16.4 Å². The van der Waals surface area contributed by atoms with E-state index in [1.807, 2.05) is 6.92 Å². The molecule has 0 unspecified atom stereocenters. The van der Waals surface area contributed by atoms with Crippen molar-refractivity contribution in [3.63, 3.8) is 0 Å². The Morgan fingerprint density at radius 3 is 2.70 bits per heavy atom. The van der Waals surface area contributed by atoms with E-state index >= 15 is 0 Å². The molecule has 20 heavy (non-hydrogen) atoms. The Morgan fingerprint density at radius 1 is 1.20 bits per heavy atom. The monoisotopic (exact) mass is 275 g/mol. The number of nitrogen functional groups attached to an aromatic ring is 1. The minimum Gasteiger partial charge on any atom is -0.370 e. The van der Waals surface area contributed by atoms with Crippen molar-refractivity contribution in [1.29, 1.82) is 0 Å². The van der Waals surface area contributed by atoms with Crippen LogP contribution in [0.3, 0.4) is 0 Å². The summed E-state index contributed by atoms with van der Waals surface area (Å²) in [7, 11) is 0. The van der Waals surface area contributed by atoms with Gasteiger partial charge in [0.05, 0.1) is 0 Å². The average Bonchev–Trinajstić information content (AvgIpc) is 2.40. The van der Waals surface area contributed by atoms with Crippen LogP contribution in [-0.2, 0) is 0 Å². The van der Waals surface area contributed by atoms with Crippen molar-refractivity contribution in [2.45, 2.75) is 20.3 Å². The standard InChI is InChI=1S/C14H18FN5/c1-3-6-17-12-8-13(20-14(16)19-12)18-11-7-10(15)5-4-9(11)2/h4-5,7-8H,3,6H2,1-2H3,(H4,16,17,18,19,20). The Labute approximate surface area is 117 Å². The van der Waals surface area contributed by atoms with Gasteiger partial charge in [0.15, 0.2) is 0 Å². The highest BCUT2D eigenvalue weighted by atomic mass is 19.1. The molecular weight excluding hydrogens is 257 g/mol. The summed E-state index contributed by atoms with van der Waals surface area (Å²) in [5.74, 6) is 1.05. The van der Waals surface area contributed by atoms with E-state index in [1.54, 1.807) is 12.1 Å².